The van der Waals surface area contributed by atoms with Crippen LogP contribution in [0.5, 0.6) is 0 Å². The molecule has 5 nitrogen and oxygen atoms in total. The van der Waals surface area contributed by atoms with E-state index in [1.54, 1.807) is 35.5 Å². The van der Waals surface area contributed by atoms with Crippen molar-refractivity contribution in [1.29, 1.82) is 0 Å². The van der Waals surface area contributed by atoms with Gasteiger partial charge in [-0.1, -0.05) is 31.7 Å². The fourth-order valence-electron chi connectivity index (χ4n) is 2.20. The number of rotatable bonds is 7. The second kappa shape index (κ2) is 7.72. The lowest BCUT2D eigenvalue weighted by molar-refractivity contribution is 0.731. The zero-order valence-electron chi connectivity index (χ0n) is 13.7. The van der Waals surface area contributed by atoms with Crippen molar-refractivity contribution in [2.75, 3.05) is 0 Å². The molecule has 7 heteroatoms. The molecule has 0 aromatic carbocycles. The summed E-state index contributed by atoms with van der Waals surface area (Å²) in [7, 11) is 0. The molecule has 3 aromatic heterocycles. The highest BCUT2D eigenvalue weighted by atomic mass is 32.2. The Morgan fingerprint density at radius 1 is 1.29 bits per heavy atom. The molecule has 0 saturated carbocycles. The maximum atomic E-state index is 4.68. The van der Waals surface area contributed by atoms with E-state index in [9.17, 15) is 0 Å². The molecule has 0 N–H and O–H groups in total. The number of aromatic nitrogens is 5. The predicted molar refractivity (Wildman–Crippen MR) is 99.2 cm³/mol. The van der Waals surface area contributed by atoms with Crippen LogP contribution in [0.4, 0.5) is 0 Å². The number of thioether (sulfide) groups is 1. The summed E-state index contributed by atoms with van der Waals surface area (Å²) < 4.78 is 2.07. The molecule has 124 valence electrons. The van der Waals surface area contributed by atoms with Crippen LogP contribution in [-0.2, 0) is 12.3 Å². The Kier molecular flexibility index (Phi) is 5.42. The molecule has 3 rings (SSSR count). The lowest BCUT2D eigenvalue weighted by atomic mass is 10.2. The lowest BCUT2D eigenvalue weighted by Crippen LogP contribution is -2.00. The quantitative estimate of drug-likeness (QED) is 0.463. The summed E-state index contributed by atoms with van der Waals surface area (Å²) in [6.07, 6.45) is 5.38. The third kappa shape index (κ3) is 3.73. The van der Waals surface area contributed by atoms with E-state index >= 15 is 0 Å². The van der Waals surface area contributed by atoms with Crippen LogP contribution in [0.3, 0.4) is 0 Å². The zero-order chi connectivity index (χ0) is 16.9. The normalized spacial score (nSPS) is 11.1. The molecule has 0 atom stereocenters. The number of nitrogens with zero attached hydrogens (tertiary/aromatic N) is 5. The Morgan fingerprint density at radius 3 is 2.75 bits per heavy atom. The lowest BCUT2D eigenvalue weighted by Gasteiger charge is -2.07. The van der Waals surface area contributed by atoms with Gasteiger partial charge in [0.25, 0.3) is 0 Å². The predicted octanol–water partition coefficient (Wildman–Crippen LogP) is 4.40. The van der Waals surface area contributed by atoms with Crippen LogP contribution < -0.4 is 0 Å². The van der Waals surface area contributed by atoms with Crippen LogP contribution in [0.1, 0.15) is 30.5 Å². The Bertz CT molecular complexity index is 808. The van der Waals surface area contributed by atoms with Crippen molar-refractivity contribution in [2.45, 2.75) is 37.2 Å². The highest BCUT2D eigenvalue weighted by molar-refractivity contribution is 7.98. The van der Waals surface area contributed by atoms with Crippen LogP contribution in [0.2, 0.25) is 0 Å². The number of hydrogen-bond acceptors (Lipinski definition) is 6. The molecule has 0 saturated heterocycles. The molecule has 24 heavy (non-hydrogen) atoms. The molecule has 0 fully saturated rings. The zero-order valence-corrected chi connectivity index (χ0v) is 15.3. The van der Waals surface area contributed by atoms with Crippen molar-refractivity contribution in [1.82, 2.24) is 24.7 Å². The fourth-order valence-corrected chi connectivity index (χ4v) is 3.98. The van der Waals surface area contributed by atoms with Gasteiger partial charge in [0.05, 0.1) is 10.7 Å². The van der Waals surface area contributed by atoms with Crippen molar-refractivity contribution in [3.05, 3.63) is 53.3 Å². The van der Waals surface area contributed by atoms with Gasteiger partial charge in [-0.3, -0.25) is 9.55 Å². The first-order valence-electron chi connectivity index (χ1n) is 7.70. The van der Waals surface area contributed by atoms with Crippen molar-refractivity contribution in [3.63, 3.8) is 0 Å². The molecule has 3 aromatic rings. The monoisotopic (exact) mass is 357 g/mol. The van der Waals surface area contributed by atoms with E-state index in [0.29, 0.717) is 12.5 Å². The maximum absolute atomic E-state index is 4.68. The molecular formula is C17H19N5S2. The molecular weight excluding hydrogens is 338 g/mol. The van der Waals surface area contributed by atoms with Gasteiger partial charge in [-0.25, -0.2) is 4.98 Å². The van der Waals surface area contributed by atoms with Gasteiger partial charge in [-0.15, -0.1) is 28.1 Å². The van der Waals surface area contributed by atoms with Gasteiger partial charge in [0.1, 0.15) is 0 Å². The van der Waals surface area contributed by atoms with E-state index in [1.165, 1.54) is 5.01 Å². The second-order valence-electron chi connectivity index (χ2n) is 5.56. The molecule has 0 unspecified atom stereocenters. The third-order valence-electron chi connectivity index (χ3n) is 3.38. The summed E-state index contributed by atoms with van der Waals surface area (Å²) in [5, 5.41) is 12.9. The Morgan fingerprint density at radius 2 is 2.08 bits per heavy atom. The molecule has 0 aliphatic rings. The van der Waals surface area contributed by atoms with Gasteiger partial charge < -0.3 is 0 Å². The van der Waals surface area contributed by atoms with E-state index in [0.717, 1.165) is 28.0 Å². The highest BCUT2D eigenvalue weighted by Gasteiger charge is 2.14. The third-order valence-corrected chi connectivity index (χ3v) is 5.57. The first-order chi connectivity index (χ1) is 11.7. The minimum Gasteiger partial charge on any atom is -0.298 e. The van der Waals surface area contributed by atoms with Crippen LogP contribution >= 0.6 is 23.1 Å². The fraction of sp³-hybridized carbons (Fsp3) is 0.294. The van der Waals surface area contributed by atoms with Crippen molar-refractivity contribution >= 4 is 23.1 Å². The second-order valence-corrected chi connectivity index (χ2v) is 7.39. The summed E-state index contributed by atoms with van der Waals surface area (Å²) in [4.78, 5) is 8.73. The van der Waals surface area contributed by atoms with E-state index in [2.05, 4.69) is 50.5 Å². The van der Waals surface area contributed by atoms with Gasteiger partial charge >= 0.3 is 0 Å². The molecule has 0 bridgehead atoms. The number of thiazole rings is 1. The van der Waals surface area contributed by atoms with Gasteiger partial charge in [0, 0.05) is 41.6 Å². The maximum Gasteiger partial charge on any atom is 0.192 e. The minimum atomic E-state index is 0.469. The van der Waals surface area contributed by atoms with E-state index in [-0.39, 0.29) is 0 Å². The van der Waals surface area contributed by atoms with Gasteiger partial charge in [0.15, 0.2) is 11.0 Å². The summed E-state index contributed by atoms with van der Waals surface area (Å²) in [5.41, 5.74) is 2.09. The summed E-state index contributed by atoms with van der Waals surface area (Å²) >= 11 is 3.37. The van der Waals surface area contributed by atoms with Crippen molar-refractivity contribution in [3.8, 4) is 11.4 Å². The van der Waals surface area contributed by atoms with Crippen LogP contribution in [-0.4, -0.2) is 24.7 Å². The van der Waals surface area contributed by atoms with Crippen molar-refractivity contribution in [2.24, 2.45) is 0 Å². The molecule has 3 heterocycles. The van der Waals surface area contributed by atoms with Crippen molar-refractivity contribution < 1.29 is 0 Å². The highest BCUT2D eigenvalue weighted by Crippen LogP contribution is 2.28. The van der Waals surface area contributed by atoms with Crippen LogP contribution in [0.15, 0.2) is 47.7 Å². The Balaban J connectivity index is 1.80. The van der Waals surface area contributed by atoms with Gasteiger partial charge in [0.2, 0.25) is 0 Å². The van der Waals surface area contributed by atoms with Gasteiger partial charge in [-0.2, -0.15) is 0 Å². The Labute approximate surface area is 149 Å². The molecule has 0 aliphatic carbocycles. The molecule has 0 aliphatic heterocycles. The van der Waals surface area contributed by atoms with Gasteiger partial charge in [-0.05, 0) is 12.1 Å². The summed E-state index contributed by atoms with van der Waals surface area (Å²) in [6.45, 7) is 8.84. The molecule has 0 radical (unpaired) electrons. The number of allylic oxidation sites excluding steroid dienone is 1. The minimum absolute atomic E-state index is 0.469. The average Bonchev–Trinajstić information content (AvgIpc) is 3.21. The smallest absolute Gasteiger partial charge is 0.192 e. The van der Waals surface area contributed by atoms with E-state index in [4.69, 9.17) is 0 Å². The summed E-state index contributed by atoms with van der Waals surface area (Å²) in [6, 6.07) is 3.88. The van der Waals surface area contributed by atoms with Crippen LogP contribution in [0, 0.1) is 0 Å². The number of pyridine rings is 1. The molecule has 0 spiro atoms. The SMILES string of the molecule is C=CCn1c(SCc2csc(C(C)C)n2)nnc1-c1ccncc1. The topological polar surface area (TPSA) is 56.5 Å². The first-order valence-corrected chi connectivity index (χ1v) is 9.57. The first kappa shape index (κ1) is 16.9. The summed E-state index contributed by atoms with van der Waals surface area (Å²) in [5.74, 6) is 2.09. The Hall–Kier alpha value is -1.99. The molecule has 0 amide bonds. The van der Waals surface area contributed by atoms with E-state index in [1.807, 2.05) is 18.2 Å². The standard InChI is InChI=1S/C17H19N5S2/c1-4-9-22-15(13-5-7-18-8-6-13)20-21-17(22)24-11-14-10-23-16(19-14)12(2)3/h4-8,10,12H,1,9,11H2,2-3H3. The largest absolute Gasteiger partial charge is 0.298 e. The van der Waals surface area contributed by atoms with Crippen LogP contribution in [0.25, 0.3) is 11.4 Å². The van der Waals surface area contributed by atoms with E-state index < -0.39 is 0 Å². The number of hydrogen-bond donors (Lipinski definition) is 0. The average molecular weight is 358 g/mol.